The Kier molecular flexibility index (Phi) is 6.31. The van der Waals surface area contributed by atoms with Crippen molar-refractivity contribution in [2.24, 2.45) is 5.84 Å². The van der Waals surface area contributed by atoms with Gasteiger partial charge in [0.25, 0.3) is 5.24 Å². The Hall–Kier alpha value is -0.970. The van der Waals surface area contributed by atoms with E-state index in [4.69, 9.17) is 17.4 Å². The molecule has 0 bridgehead atoms. The molecule has 0 aliphatic carbocycles. The van der Waals surface area contributed by atoms with Crippen molar-refractivity contribution in [3.05, 3.63) is 35.1 Å². The van der Waals surface area contributed by atoms with Crippen molar-refractivity contribution < 1.29 is 9.18 Å². The van der Waals surface area contributed by atoms with Gasteiger partial charge in [-0.15, -0.1) is 0 Å². The summed E-state index contributed by atoms with van der Waals surface area (Å²) in [5.74, 6) is 4.65. The van der Waals surface area contributed by atoms with E-state index in [2.05, 4.69) is 5.43 Å². The van der Waals surface area contributed by atoms with Gasteiger partial charge in [-0.05, 0) is 57.0 Å². The third-order valence-electron chi connectivity index (χ3n) is 1.91. The van der Waals surface area contributed by atoms with Crippen LogP contribution in [0.25, 0.3) is 0 Å². The quantitative estimate of drug-likeness (QED) is 0.464. The Morgan fingerprint density at radius 2 is 1.88 bits per heavy atom. The summed E-state index contributed by atoms with van der Waals surface area (Å²) in [6.07, 6.45) is 0. The van der Waals surface area contributed by atoms with E-state index in [1.54, 1.807) is 0 Å². The van der Waals surface area contributed by atoms with E-state index < -0.39 is 11.1 Å². The van der Waals surface area contributed by atoms with Crippen LogP contribution in [-0.4, -0.2) is 10.8 Å². The molecule has 0 aliphatic rings. The first kappa shape index (κ1) is 16.0. The first-order valence-corrected chi connectivity index (χ1v) is 5.49. The highest BCUT2D eigenvalue weighted by atomic mass is 35.5. The smallest absolute Gasteiger partial charge is 0.252 e. The monoisotopic (exact) mass is 260 g/mol. The highest BCUT2D eigenvalue weighted by molar-refractivity contribution is 6.67. The molecule has 0 radical (unpaired) electrons. The van der Waals surface area contributed by atoms with Gasteiger partial charge in [0.1, 0.15) is 5.82 Å². The second kappa shape index (κ2) is 6.69. The van der Waals surface area contributed by atoms with Crippen molar-refractivity contribution in [1.82, 2.24) is 5.43 Å². The number of hydrazine groups is 1. The lowest BCUT2D eigenvalue weighted by molar-refractivity contribution is 0.108. The van der Waals surface area contributed by atoms with Gasteiger partial charge in [0.05, 0.1) is 0 Å². The van der Waals surface area contributed by atoms with Crippen LogP contribution in [0.3, 0.4) is 0 Å². The lowest BCUT2D eigenvalue weighted by Gasteiger charge is -2.14. The average molecular weight is 261 g/mol. The van der Waals surface area contributed by atoms with Crippen molar-refractivity contribution in [3.8, 4) is 0 Å². The van der Waals surface area contributed by atoms with E-state index >= 15 is 0 Å². The normalized spacial score (nSPS) is 10.5. The average Bonchev–Trinajstić information content (AvgIpc) is 2.21. The Labute approximate surface area is 106 Å². The van der Waals surface area contributed by atoms with Gasteiger partial charge in [-0.25, -0.2) is 4.39 Å². The molecule has 5 heteroatoms. The molecule has 0 heterocycles. The molecule has 0 spiro atoms. The van der Waals surface area contributed by atoms with Crippen molar-refractivity contribution in [2.75, 3.05) is 0 Å². The van der Waals surface area contributed by atoms with Crippen LogP contribution in [0.4, 0.5) is 4.39 Å². The highest BCUT2D eigenvalue weighted by Crippen LogP contribution is 2.13. The van der Waals surface area contributed by atoms with Gasteiger partial charge in [-0.2, -0.15) is 0 Å². The topological polar surface area (TPSA) is 55.1 Å². The summed E-state index contributed by atoms with van der Waals surface area (Å²) in [5.41, 5.74) is 3.20. The fourth-order valence-corrected chi connectivity index (χ4v) is 1.03. The second-order valence-corrected chi connectivity index (χ2v) is 4.92. The molecule has 3 N–H and O–H groups in total. The summed E-state index contributed by atoms with van der Waals surface area (Å²) >= 11 is 5.17. The Morgan fingerprint density at radius 3 is 2.18 bits per heavy atom. The molecular formula is C12H18ClFN2O. The fraction of sp³-hybridized carbons (Fsp3) is 0.417. The lowest BCUT2D eigenvalue weighted by Crippen LogP contribution is -2.41. The zero-order valence-corrected chi connectivity index (χ0v) is 11.2. The van der Waals surface area contributed by atoms with Crippen molar-refractivity contribution in [3.63, 3.8) is 0 Å². The van der Waals surface area contributed by atoms with Gasteiger partial charge >= 0.3 is 0 Å². The number of hydrogen-bond acceptors (Lipinski definition) is 3. The number of nitrogens with one attached hydrogen (secondary N) is 1. The zero-order valence-electron chi connectivity index (χ0n) is 10.5. The predicted octanol–water partition coefficient (Wildman–Crippen LogP) is 2.76. The van der Waals surface area contributed by atoms with Gasteiger partial charge in [0.2, 0.25) is 0 Å². The molecule has 17 heavy (non-hydrogen) atoms. The molecule has 0 saturated heterocycles. The molecule has 0 fully saturated rings. The number of hydrogen-bond donors (Lipinski definition) is 2. The van der Waals surface area contributed by atoms with E-state index in [1.165, 1.54) is 25.1 Å². The SMILES string of the molecule is CC(C)(C)NN.Cc1c(F)cccc1C(=O)Cl. The standard InChI is InChI=1S/C8H6ClFO.C4H12N2/c1-5-6(8(9)11)3-2-4-7(5)10;1-4(2,3)6-5/h2-4H,1H3;6H,5H2,1-3H3. The van der Waals surface area contributed by atoms with Crippen LogP contribution in [0.15, 0.2) is 18.2 Å². The summed E-state index contributed by atoms with van der Waals surface area (Å²) in [5, 5.41) is -0.623. The van der Waals surface area contributed by atoms with Crippen LogP contribution < -0.4 is 11.3 Å². The van der Waals surface area contributed by atoms with Crippen LogP contribution in [0.1, 0.15) is 36.7 Å². The lowest BCUT2D eigenvalue weighted by atomic mass is 10.1. The van der Waals surface area contributed by atoms with Crippen molar-refractivity contribution in [2.45, 2.75) is 33.2 Å². The molecule has 3 nitrogen and oxygen atoms in total. The molecule has 1 aromatic rings. The van der Waals surface area contributed by atoms with Gasteiger partial charge < -0.3 is 0 Å². The van der Waals surface area contributed by atoms with E-state index in [9.17, 15) is 9.18 Å². The summed E-state index contributed by atoms with van der Waals surface area (Å²) in [7, 11) is 0. The fourth-order valence-electron chi connectivity index (χ4n) is 0.820. The van der Waals surface area contributed by atoms with E-state index in [0.717, 1.165) is 0 Å². The maximum Gasteiger partial charge on any atom is 0.252 e. The maximum atomic E-state index is 12.7. The molecule has 0 aliphatic heterocycles. The number of halogens is 2. The minimum atomic E-state index is -0.623. The van der Waals surface area contributed by atoms with Gasteiger partial charge in [0, 0.05) is 11.1 Å². The second-order valence-electron chi connectivity index (χ2n) is 4.58. The van der Waals surface area contributed by atoms with Crippen molar-refractivity contribution in [1.29, 1.82) is 0 Å². The molecule has 96 valence electrons. The maximum absolute atomic E-state index is 12.7. The number of benzene rings is 1. The number of rotatable bonds is 1. The predicted molar refractivity (Wildman–Crippen MR) is 68.4 cm³/mol. The Morgan fingerprint density at radius 1 is 1.41 bits per heavy atom. The molecule has 0 unspecified atom stereocenters. The van der Waals surface area contributed by atoms with Crippen LogP contribution >= 0.6 is 11.6 Å². The van der Waals surface area contributed by atoms with Gasteiger partial charge in [-0.3, -0.25) is 16.1 Å². The van der Waals surface area contributed by atoms with E-state index in [1.807, 2.05) is 20.8 Å². The summed E-state index contributed by atoms with van der Waals surface area (Å²) in [4.78, 5) is 10.6. The minimum absolute atomic E-state index is 0.0694. The van der Waals surface area contributed by atoms with Crippen LogP contribution in [0.5, 0.6) is 0 Å². The summed E-state index contributed by atoms with van der Waals surface area (Å²) in [6, 6.07) is 4.24. The van der Waals surface area contributed by atoms with Crippen LogP contribution in [0.2, 0.25) is 0 Å². The van der Waals surface area contributed by atoms with Crippen LogP contribution in [-0.2, 0) is 0 Å². The number of nitrogens with two attached hydrogens (primary N) is 1. The van der Waals surface area contributed by atoms with Gasteiger partial charge in [-0.1, -0.05) is 6.07 Å². The molecule has 1 rings (SSSR count). The summed E-state index contributed by atoms with van der Waals surface area (Å²) in [6.45, 7) is 7.54. The van der Waals surface area contributed by atoms with Crippen molar-refractivity contribution >= 4 is 16.8 Å². The third-order valence-corrected chi connectivity index (χ3v) is 2.12. The Bertz CT molecular complexity index is 389. The first-order chi connectivity index (χ1) is 7.69. The third kappa shape index (κ3) is 6.36. The number of carbonyl (C=O) groups is 1. The Balaban J connectivity index is 0.000000366. The minimum Gasteiger partial charge on any atom is -0.276 e. The highest BCUT2D eigenvalue weighted by Gasteiger charge is 2.07. The van der Waals surface area contributed by atoms with Gasteiger partial charge in [0.15, 0.2) is 0 Å². The molecule has 0 saturated carbocycles. The first-order valence-electron chi connectivity index (χ1n) is 5.11. The molecule has 0 aromatic heterocycles. The zero-order chi connectivity index (χ0) is 13.6. The summed E-state index contributed by atoms with van der Waals surface area (Å²) < 4.78 is 12.7. The number of carbonyl (C=O) groups excluding carboxylic acids is 1. The van der Waals surface area contributed by atoms with E-state index in [-0.39, 0.29) is 11.1 Å². The largest absolute Gasteiger partial charge is 0.276 e. The molecular weight excluding hydrogens is 243 g/mol. The molecule has 1 aromatic carbocycles. The van der Waals surface area contributed by atoms with Crippen LogP contribution in [0, 0.1) is 12.7 Å². The molecule has 0 amide bonds. The van der Waals surface area contributed by atoms with E-state index in [0.29, 0.717) is 5.56 Å². The molecule has 0 atom stereocenters.